The fourth-order valence-electron chi connectivity index (χ4n) is 5.65. The zero-order chi connectivity index (χ0) is 38.1. The zero-order valence-electron chi connectivity index (χ0n) is 27.1. The van der Waals surface area contributed by atoms with Crippen LogP contribution in [0.2, 0.25) is 0 Å². The van der Waals surface area contributed by atoms with Crippen molar-refractivity contribution in [2.24, 2.45) is 5.16 Å². The Labute approximate surface area is 348 Å². The molecule has 2 heterocycles. The number of carbonyl (C=O) groups excluding carboxylic acids is 2. The SMILES string of the molecule is COC1=C(Br)[C@@H](O)[C@]2(C=C1Br)CC(C(=O)NC[C@@H](O)COc1c(Br)cc(C(O)CNC(=O)C3=NO[C@@]4(C=C(Br)C(OC)=C(Br)[C@H]4O)C3)cc1Br)=CO2. The molecule has 6 atom stereocenters. The normalized spacial score (nSPS) is 26.5. The Morgan fingerprint density at radius 1 is 0.885 bits per heavy atom. The first kappa shape index (κ1) is 41.4. The molecule has 282 valence electrons. The molecule has 1 unspecified atom stereocenters. The lowest BCUT2D eigenvalue weighted by atomic mass is 9.86. The number of hydrogen-bond acceptors (Lipinski definition) is 12. The van der Waals surface area contributed by atoms with Gasteiger partial charge in [0.2, 0.25) is 0 Å². The van der Waals surface area contributed by atoms with E-state index in [4.69, 9.17) is 23.8 Å². The van der Waals surface area contributed by atoms with Crippen LogP contribution in [0.15, 0.2) is 79.7 Å². The van der Waals surface area contributed by atoms with E-state index in [-0.39, 0.29) is 43.8 Å². The second-order valence-corrected chi connectivity index (χ2v) is 17.0. The van der Waals surface area contributed by atoms with Crippen molar-refractivity contribution in [3.8, 4) is 5.75 Å². The number of ether oxygens (including phenoxy) is 4. The quantitative estimate of drug-likeness (QED) is 0.171. The first-order valence-corrected chi connectivity index (χ1v) is 20.0. The number of rotatable bonds is 12. The van der Waals surface area contributed by atoms with E-state index >= 15 is 0 Å². The second-order valence-electron chi connectivity index (χ2n) is 11.9. The zero-order valence-corrected chi connectivity index (χ0v) is 36.6. The van der Waals surface area contributed by atoms with Gasteiger partial charge in [0.25, 0.3) is 11.8 Å². The molecule has 0 radical (unpaired) electrons. The topological polar surface area (TPSA) is 198 Å². The average molecular weight is 1110 g/mol. The maximum atomic E-state index is 12.9. The Morgan fingerprint density at radius 2 is 1.44 bits per heavy atom. The molecule has 0 fully saturated rings. The number of aliphatic hydroxyl groups excluding tert-OH is 4. The van der Waals surface area contributed by atoms with Crippen molar-refractivity contribution in [3.63, 3.8) is 0 Å². The molecule has 1 aromatic carbocycles. The third-order valence-corrected chi connectivity index (χ3v) is 12.4. The maximum absolute atomic E-state index is 12.9. The number of hydrogen-bond donors (Lipinski definition) is 6. The Morgan fingerprint density at radius 3 is 2.04 bits per heavy atom. The van der Waals surface area contributed by atoms with Crippen LogP contribution in [0.5, 0.6) is 5.75 Å². The molecule has 6 N–H and O–H groups in total. The van der Waals surface area contributed by atoms with E-state index in [1.807, 2.05) is 0 Å². The van der Waals surface area contributed by atoms with Gasteiger partial charge in [0, 0.05) is 25.9 Å². The van der Waals surface area contributed by atoms with Crippen LogP contribution in [-0.2, 0) is 28.6 Å². The molecule has 2 spiro atoms. The molecular formula is C32H31Br6N3O11. The number of allylic oxidation sites excluding steroid dienone is 2. The van der Waals surface area contributed by atoms with Crippen LogP contribution < -0.4 is 15.4 Å². The number of carbonyl (C=O) groups is 2. The van der Waals surface area contributed by atoms with Gasteiger partial charge in [-0.15, -0.1) is 0 Å². The summed E-state index contributed by atoms with van der Waals surface area (Å²) in [5.41, 5.74) is -1.79. The van der Waals surface area contributed by atoms with E-state index < -0.39 is 47.4 Å². The van der Waals surface area contributed by atoms with Crippen LogP contribution in [0.1, 0.15) is 24.5 Å². The largest absolute Gasteiger partial charge is 0.495 e. The van der Waals surface area contributed by atoms with E-state index in [0.29, 0.717) is 49.7 Å². The first-order valence-electron chi connectivity index (χ1n) is 15.2. The third kappa shape index (κ3) is 8.40. The van der Waals surface area contributed by atoms with Crippen LogP contribution in [0.4, 0.5) is 0 Å². The van der Waals surface area contributed by atoms with Crippen molar-refractivity contribution in [1.29, 1.82) is 0 Å². The Balaban J connectivity index is 1.09. The monoisotopic (exact) mass is 1110 g/mol. The smallest absolute Gasteiger partial charge is 0.269 e. The van der Waals surface area contributed by atoms with Crippen molar-refractivity contribution in [2.45, 2.75) is 48.5 Å². The maximum Gasteiger partial charge on any atom is 0.269 e. The summed E-state index contributed by atoms with van der Waals surface area (Å²) < 4.78 is 24.8. The highest BCUT2D eigenvalue weighted by Gasteiger charge is 2.51. The van der Waals surface area contributed by atoms with Crippen LogP contribution in [0, 0.1) is 0 Å². The summed E-state index contributed by atoms with van der Waals surface area (Å²) >= 11 is 20.3. The number of amides is 2. The molecule has 0 saturated carbocycles. The van der Waals surface area contributed by atoms with Crippen molar-refractivity contribution < 1.29 is 53.8 Å². The summed E-state index contributed by atoms with van der Waals surface area (Å²) in [6.07, 6.45) is 0.0336. The van der Waals surface area contributed by atoms with Crippen molar-refractivity contribution in [1.82, 2.24) is 10.6 Å². The molecule has 14 nitrogen and oxygen atoms in total. The molecule has 5 rings (SSSR count). The Bertz CT molecular complexity index is 1810. The number of nitrogens with one attached hydrogen (secondary N) is 2. The minimum atomic E-state index is -1.32. The number of halogens is 6. The van der Waals surface area contributed by atoms with Gasteiger partial charge in [-0.2, -0.15) is 0 Å². The van der Waals surface area contributed by atoms with Gasteiger partial charge >= 0.3 is 0 Å². The van der Waals surface area contributed by atoms with Crippen molar-refractivity contribution in [2.75, 3.05) is 33.9 Å². The Hall–Kier alpha value is -1.75. The van der Waals surface area contributed by atoms with E-state index in [1.165, 1.54) is 20.5 Å². The van der Waals surface area contributed by atoms with Gasteiger partial charge in [-0.1, -0.05) is 5.16 Å². The predicted molar refractivity (Wildman–Crippen MR) is 209 cm³/mol. The summed E-state index contributed by atoms with van der Waals surface area (Å²) in [6, 6.07) is 3.21. The molecule has 20 heteroatoms. The molecule has 0 saturated heterocycles. The summed E-state index contributed by atoms with van der Waals surface area (Å²) in [5, 5.41) is 52.3. The molecule has 0 aromatic heterocycles. The van der Waals surface area contributed by atoms with Gasteiger partial charge in [0.15, 0.2) is 11.2 Å². The number of methoxy groups -OCH3 is 2. The van der Waals surface area contributed by atoms with Gasteiger partial charge in [-0.25, -0.2) is 0 Å². The molecule has 52 heavy (non-hydrogen) atoms. The molecule has 2 aliphatic carbocycles. The lowest BCUT2D eigenvalue weighted by Crippen LogP contribution is -2.45. The summed E-state index contributed by atoms with van der Waals surface area (Å²) in [4.78, 5) is 31.3. The highest BCUT2D eigenvalue weighted by molar-refractivity contribution is 9.12. The number of benzene rings is 1. The lowest BCUT2D eigenvalue weighted by molar-refractivity contribution is -0.118. The minimum absolute atomic E-state index is 0.0298. The van der Waals surface area contributed by atoms with E-state index in [0.717, 1.165) is 0 Å². The van der Waals surface area contributed by atoms with Gasteiger partial charge in [-0.3, -0.25) is 9.59 Å². The van der Waals surface area contributed by atoms with Gasteiger partial charge < -0.3 is 54.8 Å². The number of nitrogens with zero attached hydrogens (tertiary/aromatic N) is 1. The highest BCUT2D eigenvalue weighted by atomic mass is 79.9. The van der Waals surface area contributed by atoms with Crippen LogP contribution >= 0.6 is 95.6 Å². The van der Waals surface area contributed by atoms with Gasteiger partial charge in [0.05, 0.1) is 59.0 Å². The third-order valence-electron chi connectivity index (χ3n) is 8.41. The summed E-state index contributed by atoms with van der Waals surface area (Å²) in [5.74, 6) is 0.0801. The van der Waals surface area contributed by atoms with Gasteiger partial charge in [-0.05, 0) is 125 Å². The van der Waals surface area contributed by atoms with Crippen molar-refractivity contribution in [3.05, 3.63) is 80.1 Å². The Kier molecular flexibility index (Phi) is 13.5. The molecule has 0 bridgehead atoms. The fraction of sp³-hybridized carbons (Fsp3) is 0.406. The predicted octanol–water partition coefficient (Wildman–Crippen LogP) is 4.59. The number of oxime groups is 1. The van der Waals surface area contributed by atoms with E-state index in [9.17, 15) is 30.0 Å². The summed E-state index contributed by atoms with van der Waals surface area (Å²) in [6.45, 7) is -0.494. The van der Waals surface area contributed by atoms with E-state index in [2.05, 4.69) is 111 Å². The second kappa shape index (κ2) is 16.9. The minimum Gasteiger partial charge on any atom is -0.495 e. The molecule has 1 aromatic rings. The molecule has 2 amide bonds. The number of aliphatic hydroxyl groups is 4. The van der Waals surface area contributed by atoms with Crippen molar-refractivity contribution >= 4 is 113 Å². The fourth-order valence-corrected chi connectivity index (χ4v) is 10.7. The van der Waals surface area contributed by atoms with E-state index in [1.54, 1.807) is 24.3 Å². The standard InChI is InChI=1S/C32H31Br6N3O11/c1-48-25-18(35)6-31(27(44)22(25)37)5-14(11-51-31)29(46)39-9-15(42)12-50-24-16(33)3-13(4-17(24)34)21(43)10-40-30(47)20-8-32(52-41-20)7-19(36)26(49-2)23(38)28(32)45/h3-4,6-7,11,15,21,27-28,42-45H,5,8-10,12H2,1-2H3,(H,39,46)(H,40,47)/t15-,21?,27-,28-,31-,32+/m1/s1. The van der Waals surface area contributed by atoms with Gasteiger partial charge in [0.1, 0.15) is 47.9 Å². The first-order chi connectivity index (χ1) is 24.6. The molecule has 4 aliphatic rings. The molecular weight excluding hydrogens is 1080 g/mol. The average Bonchev–Trinajstić information content (AvgIpc) is 3.73. The lowest BCUT2D eigenvalue weighted by Gasteiger charge is -2.35. The van der Waals surface area contributed by atoms with Crippen LogP contribution in [0.25, 0.3) is 0 Å². The van der Waals surface area contributed by atoms with Crippen LogP contribution in [0.3, 0.4) is 0 Å². The summed E-state index contributed by atoms with van der Waals surface area (Å²) in [7, 11) is 2.93. The molecule has 2 aliphatic heterocycles. The highest BCUT2D eigenvalue weighted by Crippen LogP contribution is 2.46. The van der Waals surface area contributed by atoms with Crippen LogP contribution in [-0.4, -0.2) is 101 Å².